The third-order valence-electron chi connectivity index (χ3n) is 2.38. The zero-order valence-corrected chi connectivity index (χ0v) is 8.84. The van der Waals surface area contributed by atoms with Crippen molar-refractivity contribution in [2.75, 3.05) is 11.1 Å². The predicted molar refractivity (Wildman–Crippen MR) is 64.7 cm³/mol. The van der Waals surface area contributed by atoms with Crippen molar-refractivity contribution in [3.8, 4) is 0 Å². The van der Waals surface area contributed by atoms with Crippen LogP contribution in [-0.2, 0) is 0 Å². The van der Waals surface area contributed by atoms with Gasteiger partial charge in [-0.25, -0.2) is 0 Å². The monoisotopic (exact) mass is 214 g/mol. The molecule has 0 bridgehead atoms. The van der Waals surface area contributed by atoms with E-state index in [0.29, 0.717) is 0 Å². The predicted octanol–water partition coefficient (Wildman–Crippen LogP) is 3.48. The fourth-order valence-electron chi connectivity index (χ4n) is 1.65. The first-order valence-electron chi connectivity index (χ1n) is 4.76. The average Bonchev–Trinajstić information content (AvgIpc) is 2.26. The maximum atomic E-state index is 5.76. The Kier molecular flexibility index (Phi) is 1.86. The van der Waals surface area contributed by atoms with Crippen LogP contribution in [0.2, 0.25) is 0 Å². The molecule has 0 unspecified atom stereocenters. The van der Waals surface area contributed by atoms with Crippen molar-refractivity contribution in [2.45, 2.75) is 9.79 Å². The summed E-state index contributed by atoms with van der Waals surface area (Å²) in [6, 6.07) is 14.2. The minimum absolute atomic E-state index is 0.808. The zero-order valence-electron chi connectivity index (χ0n) is 8.03. The van der Waals surface area contributed by atoms with Gasteiger partial charge >= 0.3 is 0 Å². The Hall–Kier alpha value is -1.61. The molecule has 0 amide bonds. The summed E-state index contributed by atoms with van der Waals surface area (Å²) in [7, 11) is 0. The highest BCUT2D eigenvalue weighted by Crippen LogP contribution is 2.44. The van der Waals surface area contributed by atoms with Gasteiger partial charge < -0.3 is 11.1 Å². The van der Waals surface area contributed by atoms with E-state index >= 15 is 0 Å². The van der Waals surface area contributed by atoms with Crippen molar-refractivity contribution < 1.29 is 0 Å². The second kappa shape index (κ2) is 3.21. The first kappa shape index (κ1) is 8.68. The minimum atomic E-state index is 0.808. The minimum Gasteiger partial charge on any atom is -0.399 e. The van der Waals surface area contributed by atoms with Crippen LogP contribution in [0.25, 0.3) is 0 Å². The number of anilines is 3. The van der Waals surface area contributed by atoms with Crippen molar-refractivity contribution in [3.05, 3.63) is 42.5 Å². The molecule has 74 valence electrons. The lowest BCUT2D eigenvalue weighted by Crippen LogP contribution is -1.99. The number of nitrogens with two attached hydrogens (primary N) is 1. The Balaban J connectivity index is 2.11. The Morgan fingerprint density at radius 3 is 2.67 bits per heavy atom. The number of benzene rings is 2. The van der Waals surface area contributed by atoms with Gasteiger partial charge in [-0.05, 0) is 30.3 Å². The van der Waals surface area contributed by atoms with Crippen LogP contribution in [-0.4, -0.2) is 0 Å². The van der Waals surface area contributed by atoms with Gasteiger partial charge in [0.1, 0.15) is 0 Å². The molecule has 15 heavy (non-hydrogen) atoms. The molecule has 2 aromatic carbocycles. The van der Waals surface area contributed by atoms with Crippen molar-refractivity contribution >= 4 is 28.8 Å². The van der Waals surface area contributed by atoms with Gasteiger partial charge in [0, 0.05) is 15.5 Å². The Labute approximate surface area is 92.5 Å². The summed E-state index contributed by atoms with van der Waals surface area (Å²) in [6.07, 6.45) is 0. The highest BCUT2D eigenvalue weighted by atomic mass is 32.2. The molecule has 2 aromatic rings. The molecule has 1 aliphatic rings. The summed E-state index contributed by atoms with van der Waals surface area (Å²) in [5.74, 6) is 0. The Morgan fingerprint density at radius 1 is 0.933 bits per heavy atom. The van der Waals surface area contributed by atoms with Crippen LogP contribution in [0.3, 0.4) is 0 Å². The highest BCUT2D eigenvalue weighted by Gasteiger charge is 2.14. The lowest BCUT2D eigenvalue weighted by atomic mass is 10.2. The molecule has 0 saturated heterocycles. The fourth-order valence-corrected chi connectivity index (χ4v) is 2.69. The van der Waals surface area contributed by atoms with Crippen molar-refractivity contribution in [1.82, 2.24) is 0 Å². The van der Waals surface area contributed by atoms with Gasteiger partial charge in [-0.2, -0.15) is 0 Å². The number of para-hydroxylation sites is 1. The largest absolute Gasteiger partial charge is 0.399 e. The molecule has 3 heteroatoms. The summed E-state index contributed by atoms with van der Waals surface area (Å²) < 4.78 is 0. The van der Waals surface area contributed by atoms with Crippen LogP contribution in [0.4, 0.5) is 17.1 Å². The van der Waals surface area contributed by atoms with Crippen molar-refractivity contribution in [3.63, 3.8) is 0 Å². The number of hydrogen-bond donors (Lipinski definition) is 2. The topological polar surface area (TPSA) is 38.0 Å². The van der Waals surface area contributed by atoms with Gasteiger partial charge in [-0.3, -0.25) is 0 Å². The van der Waals surface area contributed by atoms with E-state index in [2.05, 4.69) is 17.4 Å². The third-order valence-corrected chi connectivity index (χ3v) is 3.52. The summed E-state index contributed by atoms with van der Waals surface area (Å²) in [5.41, 5.74) is 8.87. The zero-order chi connectivity index (χ0) is 10.3. The van der Waals surface area contributed by atoms with E-state index in [0.717, 1.165) is 11.4 Å². The van der Waals surface area contributed by atoms with Crippen LogP contribution in [0.5, 0.6) is 0 Å². The number of hydrogen-bond acceptors (Lipinski definition) is 3. The first-order valence-corrected chi connectivity index (χ1v) is 5.58. The second-order valence-electron chi connectivity index (χ2n) is 3.48. The first-order chi connectivity index (χ1) is 7.33. The second-order valence-corrected chi connectivity index (χ2v) is 4.56. The molecule has 0 aliphatic carbocycles. The standard InChI is InChI=1S/C12H10N2S/c13-8-5-6-10-12(7-8)15-11-4-2-1-3-9(11)14-10/h1-7,14H,13H2. The number of nitrogens with one attached hydrogen (secondary N) is 1. The average molecular weight is 214 g/mol. The smallest absolute Gasteiger partial charge is 0.0527 e. The van der Waals surface area contributed by atoms with Crippen LogP contribution < -0.4 is 11.1 Å². The molecular weight excluding hydrogens is 204 g/mol. The van der Waals surface area contributed by atoms with E-state index in [4.69, 9.17) is 5.73 Å². The molecule has 0 aromatic heterocycles. The van der Waals surface area contributed by atoms with Gasteiger partial charge in [0.05, 0.1) is 11.4 Å². The van der Waals surface area contributed by atoms with Crippen LogP contribution >= 0.6 is 11.8 Å². The molecule has 3 N–H and O–H groups in total. The number of nitrogen functional groups attached to an aromatic ring is 1. The van der Waals surface area contributed by atoms with E-state index < -0.39 is 0 Å². The highest BCUT2D eigenvalue weighted by molar-refractivity contribution is 7.99. The molecular formula is C12H10N2S. The van der Waals surface area contributed by atoms with E-state index in [1.165, 1.54) is 15.5 Å². The maximum Gasteiger partial charge on any atom is 0.0527 e. The van der Waals surface area contributed by atoms with Crippen LogP contribution in [0.1, 0.15) is 0 Å². The Bertz CT molecular complexity index is 523. The van der Waals surface area contributed by atoms with Gasteiger partial charge in [-0.15, -0.1) is 0 Å². The molecule has 0 saturated carbocycles. The van der Waals surface area contributed by atoms with Crippen molar-refractivity contribution in [2.24, 2.45) is 0 Å². The third kappa shape index (κ3) is 1.45. The molecule has 0 radical (unpaired) electrons. The van der Waals surface area contributed by atoms with E-state index in [1.807, 2.05) is 30.3 Å². The quantitative estimate of drug-likeness (QED) is 0.563. The SMILES string of the molecule is Nc1ccc2c(c1)Sc1ccccc1N2. The molecule has 0 spiro atoms. The Morgan fingerprint density at radius 2 is 1.73 bits per heavy atom. The van der Waals surface area contributed by atoms with Gasteiger partial charge in [0.25, 0.3) is 0 Å². The van der Waals surface area contributed by atoms with E-state index in [9.17, 15) is 0 Å². The van der Waals surface area contributed by atoms with Gasteiger partial charge in [0.2, 0.25) is 0 Å². The van der Waals surface area contributed by atoms with E-state index in [-0.39, 0.29) is 0 Å². The molecule has 1 aliphatic heterocycles. The molecule has 3 rings (SSSR count). The fraction of sp³-hybridized carbons (Fsp3) is 0. The molecule has 2 nitrogen and oxygen atoms in total. The lowest BCUT2D eigenvalue weighted by molar-refractivity contribution is 1.32. The summed E-state index contributed by atoms with van der Waals surface area (Å²) in [6.45, 7) is 0. The molecule has 0 fully saturated rings. The lowest BCUT2D eigenvalue weighted by Gasteiger charge is -2.20. The summed E-state index contributed by atoms with van der Waals surface area (Å²) in [5, 5.41) is 3.39. The van der Waals surface area contributed by atoms with Crippen LogP contribution in [0.15, 0.2) is 52.3 Å². The van der Waals surface area contributed by atoms with Gasteiger partial charge in [0.15, 0.2) is 0 Å². The normalized spacial score (nSPS) is 12.5. The number of fused-ring (bicyclic) bond motifs is 2. The summed E-state index contributed by atoms with van der Waals surface area (Å²) in [4.78, 5) is 2.43. The van der Waals surface area contributed by atoms with Crippen LogP contribution in [0, 0.1) is 0 Å². The van der Waals surface area contributed by atoms with Crippen molar-refractivity contribution in [1.29, 1.82) is 0 Å². The molecule has 1 heterocycles. The molecule has 0 atom stereocenters. The number of rotatable bonds is 0. The van der Waals surface area contributed by atoms with Gasteiger partial charge in [-0.1, -0.05) is 23.9 Å². The summed E-state index contributed by atoms with van der Waals surface area (Å²) >= 11 is 1.75. The maximum absolute atomic E-state index is 5.76. The van der Waals surface area contributed by atoms with E-state index in [1.54, 1.807) is 11.8 Å².